The van der Waals surface area contributed by atoms with Crippen molar-refractivity contribution in [2.75, 3.05) is 12.9 Å². The van der Waals surface area contributed by atoms with Gasteiger partial charge >= 0.3 is 0 Å². The van der Waals surface area contributed by atoms with Crippen molar-refractivity contribution in [3.63, 3.8) is 0 Å². The first-order valence-corrected chi connectivity index (χ1v) is 10.3. The summed E-state index contributed by atoms with van der Waals surface area (Å²) in [6.07, 6.45) is 1.75. The molecule has 0 fully saturated rings. The Labute approximate surface area is 179 Å². The number of rotatable bonds is 6. The smallest absolute Gasteiger partial charge is 0.286 e. The Morgan fingerprint density at radius 1 is 1.21 bits per heavy atom. The van der Waals surface area contributed by atoms with E-state index in [4.69, 9.17) is 4.74 Å². The van der Waals surface area contributed by atoms with Crippen LogP contribution in [0.15, 0.2) is 46.2 Å². The molecule has 0 spiro atoms. The number of hydrazine groups is 1. The van der Waals surface area contributed by atoms with Gasteiger partial charge in [-0.3, -0.25) is 25.0 Å². The molecule has 2 amide bonds. The van der Waals surface area contributed by atoms with Crippen LogP contribution >= 0.6 is 27.7 Å². The molecule has 0 saturated heterocycles. The number of nitrogens with zero attached hydrogens (tertiary/aromatic N) is 4. The monoisotopic (exact) mass is 478 g/mol. The third kappa shape index (κ3) is 4.98. The van der Waals surface area contributed by atoms with E-state index in [0.29, 0.717) is 16.7 Å². The van der Waals surface area contributed by atoms with Crippen molar-refractivity contribution in [2.24, 2.45) is 7.05 Å². The molecule has 2 N–H and O–H groups in total. The Morgan fingerprint density at radius 2 is 1.93 bits per heavy atom. The van der Waals surface area contributed by atoms with E-state index in [-0.39, 0.29) is 11.7 Å². The quantitative estimate of drug-likeness (QED) is 0.415. The molecule has 9 nitrogen and oxygen atoms in total. The van der Waals surface area contributed by atoms with Crippen LogP contribution in [0.5, 0.6) is 5.75 Å². The lowest BCUT2D eigenvalue weighted by Crippen LogP contribution is -2.43. The lowest BCUT2D eigenvalue weighted by atomic mass is 10.3. The highest BCUT2D eigenvalue weighted by Crippen LogP contribution is 2.23. The maximum Gasteiger partial charge on any atom is 0.286 e. The fourth-order valence-corrected chi connectivity index (χ4v) is 3.89. The second kappa shape index (κ2) is 9.14. The number of hydrogen-bond acceptors (Lipinski definition) is 6. The number of thioether (sulfide) groups is 1. The van der Waals surface area contributed by atoms with E-state index in [1.165, 1.54) is 11.8 Å². The largest absolute Gasteiger partial charge is 0.497 e. The number of amides is 2. The second-order valence-corrected chi connectivity index (χ2v) is 7.87. The van der Waals surface area contributed by atoms with Crippen LogP contribution < -0.4 is 15.6 Å². The number of carbonyl (C=O) groups is 2. The lowest BCUT2D eigenvalue weighted by molar-refractivity contribution is -0.119. The van der Waals surface area contributed by atoms with Crippen molar-refractivity contribution in [2.45, 2.75) is 12.1 Å². The van der Waals surface area contributed by atoms with Crippen LogP contribution in [0.2, 0.25) is 0 Å². The number of aromatic nitrogens is 4. The van der Waals surface area contributed by atoms with Gasteiger partial charge in [-0.1, -0.05) is 11.8 Å². The molecular weight excluding hydrogens is 460 g/mol. The summed E-state index contributed by atoms with van der Waals surface area (Å²) in [6, 6.07) is 9.12. The highest BCUT2D eigenvalue weighted by atomic mass is 79.9. The minimum absolute atomic E-state index is 0.0609. The summed E-state index contributed by atoms with van der Waals surface area (Å²) >= 11 is 4.52. The van der Waals surface area contributed by atoms with E-state index in [0.717, 1.165) is 15.9 Å². The van der Waals surface area contributed by atoms with Crippen LogP contribution in [0.1, 0.15) is 16.3 Å². The molecule has 0 aliphatic heterocycles. The summed E-state index contributed by atoms with van der Waals surface area (Å²) in [5.74, 6) is 0.729. The van der Waals surface area contributed by atoms with Crippen LogP contribution in [-0.4, -0.2) is 44.0 Å². The summed E-state index contributed by atoms with van der Waals surface area (Å²) < 4.78 is 9.45. The van der Waals surface area contributed by atoms with Gasteiger partial charge < -0.3 is 9.30 Å². The van der Waals surface area contributed by atoms with Gasteiger partial charge in [-0.25, -0.2) is 0 Å². The molecule has 0 aliphatic carbocycles. The van der Waals surface area contributed by atoms with E-state index in [9.17, 15) is 9.59 Å². The standard InChI is InChI=1S/C18H19BrN6O3S/c1-11-20-23-18(25(11)13-4-6-14(28-3)7-5-13)29-10-16(26)21-22-17(27)15-8-12(19)9-24(15)2/h4-9H,10H2,1-3H3,(H,21,26)(H,22,27). The number of methoxy groups -OCH3 is 1. The minimum Gasteiger partial charge on any atom is -0.497 e. The van der Waals surface area contributed by atoms with Crippen LogP contribution in [-0.2, 0) is 11.8 Å². The number of carbonyl (C=O) groups excluding carboxylic acids is 2. The zero-order valence-electron chi connectivity index (χ0n) is 16.0. The van der Waals surface area contributed by atoms with Crippen molar-refractivity contribution in [1.29, 1.82) is 0 Å². The van der Waals surface area contributed by atoms with Gasteiger partial charge in [-0.05, 0) is 53.2 Å². The molecule has 0 aliphatic rings. The van der Waals surface area contributed by atoms with Crippen molar-refractivity contribution >= 4 is 39.5 Å². The molecule has 11 heteroatoms. The molecule has 3 aromatic rings. The zero-order valence-corrected chi connectivity index (χ0v) is 18.4. The predicted molar refractivity (Wildman–Crippen MR) is 112 cm³/mol. The van der Waals surface area contributed by atoms with Crippen molar-refractivity contribution < 1.29 is 14.3 Å². The Morgan fingerprint density at radius 3 is 2.55 bits per heavy atom. The van der Waals surface area contributed by atoms with Gasteiger partial charge in [0.25, 0.3) is 5.91 Å². The molecule has 152 valence electrons. The number of halogens is 1. The fraction of sp³-hybridized carbons (Fsp3) is 0.222. The highest BCUT2D eigenvalue weighted by molar-refractivity contribution is 9.10. The van der Waals surface area contributed by atoms with Crippen LogP contribution in [0.3, 0.4) is 0 Å². The van der Waals surface area contributed by atoms with Crippen molar-refractivity contribution in [1.82, 2.24) is 30.2 Å². The zero-order chi connectivity index (χ0) is 21.0. The SMILES string of the molecule is COc1ccc(-n2c(C)nnc2SCC(=O)NNC(=O)c2cc(Br)cn2C)cc1. The molecule has 0 atom stereocenters. The average molecular weight is 479 g/mol. The van der Waals surface area contributed by atoms with Gasteiger partial charge in [-0.15, -0.1) is 10.2 Å². The molecule has 2 heterocycles. The maximum absolute atomic E-state index is 12.1. The van der Waals surface area contributed by atoms with Gasteiger partial charge in [0.05, 0.1) is 12.9 Å². The lowest BCUT2D eigenvalue weighted by Gasteiger charge is -2.10. The Bertz CT molecular complexity index is 1030. The van der Waals surface area contributed by atoms with E-state index in [1.807, 2.05) is 35.8 Å². The molecule has 0 saturated carbocycles. The fourth-order valence-electron chi connectivity index (χ4n) is 2.57. The summed E-state index contributed by atoms with van der Waals surface area (Å²) in [5, 5.41) is 8.79. The average Bonchev–Trinajstić information content (AvgIpc) is 3.25. The third-order valence-electron chi connectivity index (χ3n) is 3.98. The Balaban J connectivity index is 1.59. The molecule has 0 radical (unpaired) electrons. The summed E-state index contributed by atoms with van der Waals surface area (Å²) in [6.45, 7) is 1.83. The first-order valence-electron chi connectivity index (χ1n) is 8.49. The van der Waals surface area contributed by atoms with Gasteiger partial charge in [0, 0.05) is 23.4 Å². The normalized spacial score (nSPS) is 10.6. The summed E-state index contributed by atoms with van der Waals surface area (Å²) in [4.78, 5) is 24.3. The Hall–Kier alpha value is -2.79. The van der Waals surface area contributed by atoms with Crippen LogP contribution in [0.4, 0.5) is 0 Å². The summed E-state index contributed by atoms with van der Waals surface area (Å²) in [5.41, 5.74) is 6.09. The van der Waals surface area contributed by atoms with Crippen molar-refractivity contribution in [3.05, 3.63) is 52.5 Å². The van der Waals surface area contributed by atoms with Gasteiger partial charge in [-0.2, -0.15) is 0 Å². The first-order chi connectivity index (χ1) is 13.9. The second-order valence-electron chi connectivity index (χ2n) is 6.01. The summed E-state index contributed by atoms with van der Waals surface area (Å²) in [7, 11) is 3.35. The molecule has 0 unspecified atom stereocenters. The minimum atomic E-state index is -0.409. The van der Waals surface area contributed by atoms with Gasteiger partial charge in [0.1, 0.15) is 17.3 Å². The maximum atomic E-state index is 12.1. The third-order valence-corrected chi connectivity index (χ3v) is 5.34. The molecule has 29 heavy (non-hydrogen) atoms. The van der Waals surface area contributed by atoms with Crippen LogP contribution in [0.25, 0.3) is 5.69 Å². The molecule has 1 aromatic carbocycles. The van der Waals surface area contributed by atoms with Crippen molar-refractivity contribution in [3.8, 4) is 11.4 Å². The number of hydrogen-bond donors (Lipinski definition) is 2. The number of ether oxygens (including phenoxy) is 1. The van der Waals surface area contributed by atoms with Crippen LogP contribution in [0, 0.1) is 6.92 Å². The van der Waals surface area contributed by atoms with E-state index < -0.39 is 5.91 Å². The predicted octanol–water partition coefficient (Wildman–Crippen LogP) is 2.24. The molecular formula is C18H19BrN6O3S. The number of aryl methyl sites for hydroxylation is 2. The highest BCUT2D eigenvalue weighted by Gasteiger charge is 2.15. The number of benzene rings is 1. The first kappa shape index (κ1) is 20.9. The van der Waals surface area contributed by atoms with Gasteiger partial charge in [0.15, 0.2) is 5.16 Å². The molecule has 2 aromatic heterocycles. The number of nitrogens with one attached hydrogen (secondary N) is 2. The van der Waals surface area contributed by atoms with E-state index in [1.54, 1.807) is 31.0 Å². The van der Waals surface area contributed by atoms with Gasteiger partial charge in [0.2, 0.25) is 5.91 Å². The topological polar surface area (TPSA) is 103 Å². The Kier molecular flexibility index (Phi) is 6.60. The molecule has 3 rings (SSSR count). The van der Waals surface area contributed by atoms with E-state index in [2.05, 4.69) is 37.0 Å². The molecule has 0 bridgehead atoms. The van der Waals surface area contributed by atoms with E-state index >= 15 is 0 Å².